The summed E-state index contributed by atoms with van der Waals surface area (Å²) in [6, 6.07) is 16.3. The molecule has 1 saturated heterocycles. The maximum Gasteiger partial charge on any atom is 0.269 e. The molecule has 1 aromatic heterocycles. The Morgan fingerprint density at radius 2 is 1.75 bits per heavy atom. The molecule has 1 fully saturated rings. The number of piperazine rings is 1. The van der Waals surface area contributed by atoms with Crippen LogP contribution in [0.15, 0.2) is 59.1 Å². The monoisotopic (exact) mass is 435 g/mol. The molecule has 32 heavy (non-hydrogen) atoms. The summed E-state index contributed by atoms with van der Waals surface area (Å²) < 4.78 is 5.35. The first-order valence-corrected chi connectivity index (χ1v) is 10.7. The molecule has 0 spiro atoms. The molecule has 9 heteroatoms. The molecule has 3 aromatic rings. The van der Waals surface area contributed by atoms with Crippen molar-refractivity contribution >= 4 is 11.6 Å². The lowest BCUT2D eigenvalue weighted by atomic mass is 10.1. The summed E-state index contributed by atoms with van der Waals surface area (Å²) in [5.74, 6) is 1.10. The molecule has 0 N–H and O–H groups in total. The van der Waals surface area contributed by atoms with Crippen molar-refractivity contribution in [2.75, 3.05) is 26.2 Å². The number of nitrogens with zero attached hydrogens (tertiary/aromatic N) is 5. The van der Waals surface area contributed by atoms with Gasteiger partial charge in [-0.3, -0.25) is 19.8 Å². The summed E-state index contributed by atoms with van der Waals surface area (Å²) in [5.41, 5.74) is 1.94. The van der Waals surface area contributed by atoms with Crippen LogP contribution in [0.25, 0.3) is 11.4 Å². The van der Waals surface area contributed by atoms with Crippen LogP contribution in [0, 0.1) is 10.1 Å². The van der Waals surface area contributed by atoms with Crippen LogP contribution in [0.3, 0.4) is 0 Å². The molecule has 0 unspecified atom stereocenters. The van der Waals surface area contributed by atoms with E-state index in [-0.39, 0.29) is 11.6 Å². The highest BCUT2D eigenvalue weighted by atomic mass is 16.6. The van der Waals surface area contributed by atoms with Gasteiger partial charge >= 0.3 is 0 Å². The molecule has 9 nitrogen and oxygen atoms in total. The number of aromatic nitrogens is 2. The van der Waals surface area contributed by atoms with Crippen LogP contribution in [-0.4, -0.2) is 56.9 Å². The van der Waals surface area contributed by atoms with Crippen molar-refractivity contribution in [3.05, 3.63) is 76.2 Å². The van der Waals surface area contributed by atoms with E-state index in [9.17, 15) is 14.9 Å². The van der Waals surface area contributed by atoms with Crippen LogP contribution in [0.5, 0.6) is 0 Å². The molecule has 1 aliphatic heterocycles. The summed E-state index contributed by atoms with van der Waals surface area (Å²) >= 11 is 0. The van der Waals surface area contributed by atoms with Crippen LogP contribution < -0.4 is 0 Å². The summed E-state index contributed by atoms with van der Waals surface area (Å²) in [7, 11) is 0. The number of nitro benzene ring substituents is 1. The molecule has 1 amide bonds. The van der Waals surface area contributed by atoms with Crippen LogP contribution in [0.2, 0.25) is 0 Å². The van der Waals surface area contributed by atoms with Gasteiger partial charge in [0.1, 0.15) is 0 Å². The average molecular weight is 435 g/mol. The Balaban J connectivity index is 1.22. The summed E-state index contributed by atoms with van der Waals surface area (Å²) in [5, 5.41) is 14.8. The van der Waals surface area contributed by atoms with Crippen molar-refractivity contribution in [2.45, 2.75) is 25.8 Å². The Kier molecular flexibility index (Phi) is 6.86. The third kappa shape index (κ3) is 5.55. The highest BCUT2D eigenvalue weighted by Crippen LogP contribution is 2.20. The van der Waals surface area contributed by atoms with Crippen LogP contribution in [0.1, 0.15) is 24.3 Å². The molecule has 2 heterocycles. The van der Waals surface area contributed by atoms with Gasteiger partial charge in [0.05, 0.1) is 11.5 Å². The van der Waals surface area contributed by atoms with Crippen LogP contribution in [-0.2, 0) is 17.8 Å². The van der Waals surface area contributed by atoms with Gasteiger partial charge < -0.3 is 9.42 Å². The zero-order valence-corrected chi connectivity index (χ0v) is 17.7. The zero-order valence-electron chi connectivity index (χ0n) is 17.7. The number of hydrogen-bond acceptors (Lipinski definition) is 7. The van der Waals surface area contributed by atoms with Gasteiger partial charge in [-0.1, -0.05) is 35.5 Å². The molecule has 1 aliphatic rings. The van der Waals surface area contributed by atoms with E-state index in [1.54, 1.807) is 12.1 Å². The van der Waals surface area contributed by atoms with Crippen molar-refractivity contribution < 1.29 is 14.2 Å². The molecule has 0 saturated carbocycles. The number of aryl methyl sites for hydroxylation is 1. The highest BCUT2D eigenvalue weighted by Gasteiger charge is 2.22. The molecule has 0 radical (unpaired) electrons. The van der Waals surface area contributed by atoms with Gasteiger partial charge in [0.25, 0.3) is 5.69 Å². The number of nitro groups is 1. The summed E-state index contributed by atoms with van der Waals surface area (Å²) in [6.07, 6.45) is 2.34. The molecule has 0 atom stereocenters. The topological polar surface area (TPSA) is 106 Å². The van der Waals surface area contributed by atoms with E-state index in [1.807, 2.05) is 23.1 Å². The predicted molar refractivity (Wildman–Crippen MR) is 118 cm³/mol. The average Bonchev–Trinajstić information content (AvgIpc) is 3.29. The molecule has 166 valence electrons. The lowest BCUT2D eigenvalue weighted by molar-refractivity contribution is -0.384. The maximum atomic E-state index is 12.5. The van der Waals surface area contributed by atoms with Crippen molar-refractivity contribution in [1.29, 1.82) is 0 Å². The zero-order chi connectivity index (χ0) is 22.3. The third-order valence-electron chi connectivity index (χ3n) is 5.59. The first-order chi connectivity index (χ1) is 15.6. The normalized spacial score (nSPS) is 14.4. The Labute approximate surface area is 185 Å². The number of rotatable bonds is 8. The fourth-order valence-corrected chi connectivity index (χ4v) is 3.76. The fourth-order valence-electron chi connectivity index (χ4n) is 3.76. The minimum Gasteiger partial charge on any atom is -0.340 e. The van der Waals surface area contributed by atoms with E-state index in [1.165, 1.54) is 17.7 Å². The van der Waals surface area contributed by atoms with Crippen molar-refractivity contribution in [3.8, 4) is 11.4 Å². The fraction of sp³-hybridized carbons (Fsp3) is 0.348. The third-order valence-corrected chi connectivity index (χ3v) is 5.59. The minimum atomic E-state index is -0.445. The molecule has 0 bridgehead atoms. The second-order valence-electron chi connectivity index (χ2n) is 7.81. The number of benzene rings is 2. The maximum absolute atomic E-state index is 12.5. The highest BCUT2D eigenvalue weighted by molar-refractivity contribution is 5.76. The van der Waals surface area contributed by atoms with E-state index < -0.39 is 4.92 Å². The number of hydrogen-bond donors (Lipinski definition) is 0. The van der Waals surface area contributed by atoms with E-state index in [4.69, 9.17) is 4.52 Å². The van der Waals surface area contributed by atoms with Gasteiger partial charge in [0.2, 0.25) is 17.6 Å². The summed E-state index contributed by atoms with van der Waals surface area (Å²) in [6.45, 7) is 3.39. The van der Waals surface area contributed by atoms with E-state index in [0.29, 0.717) is 43.3 Å². The van der Waals surface area contributed by atoms with Crippen molar-refractivity contribution in [3.63, 3.8) is 0 Å². The van der Waals surface area contributed by atoms with Crippen LogP contribution in [0.4, 0.5) is 5.69 Å². The standard InChI is InChI=1S/C23H25N5O4/c29-22(8-4-7-18-5-2-1-3-6-18)27-15-13-26(14-16-27)17-21-24-23(25-32-21)19-9-11-20(12-10-19)28(30)31/h1-3,5-6,9-12H,4,7-8,13-17H2. The van der Waals surface area contributed by atoms with Gasteiger partial charge in [0, 0.05) is 50.3 Å². The summed E-state index contributed by atoms with van der Waals surface area (Å²) in [4.78, 5) is 31.3. The van der Waals surface area contributed by atoms with Gasteiger partial charge in [-0.25, -0.2) is 0 Å². The minimum absolute atomic E-state index is 0.0185. The molecular weight excluding hydrogens is 410 g/mol. The smallest absolute Gasteiger partial charge is 0.269 e. The second-order valence-corrected chi connectivity index (χ2v) is 7.81. The van der Waals surface area contributed by atoms with Crippen LogP contribution >= 0.6 is 0 Å². The quantitative estimate of drug-likeness (QED) is 0.395. The van der Waals surface area contributed by atoms with E-state index in [0.717, 1.165) is 25.9 Å². The molecule has 0 aliphatic carbocycles. The number of carbonyl (C=O) groups excluding carboxylic acids is 1. The molecule has 4 rings (SSSR count). The van der Waals surface area contributed by atoms with E-state index >= 15 is 0 Å². The molecule has 2 aromatic carbocycles. The Morgan fingerprint density at radius 1 is 1.03 bits per heavy atom. The van der Waals surface area contributed by atoms with Gasteiger partial charge in [0.15, 0.2) is 0 Å². The van der Waals surface area contributed by atoms with E-state index in [2.05, 4.69) is 27.2 Å². The first kappa shape index (κ1) is 21.6. The lowest BCUT2D eigenvalue weighted by Crippen LogP contribution is -2.48. The first-order valence-electron chi connectivity index (χ1n) is 10.7. The Hall–Kier alpha value is -3.59. The van der Waals surface area contributed by atoms with Crippen molar-refractivity contribution in [1.82, 2.24) is 19.9 Å². The second kappa shape index (κ2) is 10.1. The van der Waals surface area contributed by atoms with Gasteiger partial charge in [-0.05, 0) is 30.5 Å². The van der Waals surface area contributed by atoms with Crippen molar-refractivity contribution in [2.24, 2.45) is 0 Å². The van der Waals surface area contributed by atoms with Gasteiger partial charge in [-0.2, -0.15) is 4.98 Å². The Morgan fingerprint density at radius 3 is 2.44 bits per heavy atom. The number of carbonyl (C=O) groups is 1. The number of non-ortho nitro benzene ring substituents is 1. The largest absolute Gasteiger partial charge is 0.340 e. The lowest BCUT2D eigenvalue weighted by Gasteiger charge is -2.34. The Bertz CT molecular complexity index is 1040. The molecular formula is C23H25N5O4. The SMILES string of the molecule is O=C(CCCc1ccccc1)N1CCN(Cc2nc(-c3ccc([N+](=O)[O-])cc3)no2)CC1. The van der Waals surface area contributed by atoms with Gasteiger partial charge in [-0.15, -0.1) is 0 Å². The number of amides is 1. The predicted octanol–water partition coefficient (Wildman–Crippen LogP) is 3.31.